The van der Waals surface area contributed by atoms with E-state index in [1.807, 2.05) is 11.8 Å². The van der Waals surface area contributed by atoms with Gasteiger partial charge in [-0.1, -0.05) is 6.92 Å². The van der Waals surface area contributed by atoms with Crippen molar-refractivity contribution in [2.45, 2.75) is 19.8 Å². The number of carboxylic acid groups (broad SMARTS) is 1. The first kappa shape index (κ1) is 17.3. The number of nitrogens with one attached hydrogen (secondary N) is 1. The van der Waals surface area contributed by atoms with Crippen molar-refractivity contribution in [3.63, 3.8) is 0 Å². The van der Waals surface area contributed by atoms with Crippen molar-refractivity contribution in [2.24, 2.45) is 0 Å². The minimum Gasteiger partial charge on any atom is -0.481 e. The molecular weight excluding hydrogens is 260 g/mol. The highest BCUT2D eigenvalue weighted by Gasteiger charge is 2.09. The van der Waals surface area contributed by atoms with E-state index in [2.05, 4.69) is 5.32 Å². The summed E-state index contributed by atoms with van der Waals surface area (Å²) < 4.78 is 29.9. The van der Waals surface area contributed by atoms with E-state index >= 15 is 0 Å². The van der Waals surface area contributed by atoms with E-state index < -0.39 is 16.1 Å². The van der Waals surface area contributed by atoms with Gasteiger partial charge in [0.25, 0.3) is 10.1 Å². The summed E-state index contributed by atoms with van der Waals surface area (Å²) in [5.74, 6) is -1.12. The Labute approximate surface area is 108 Å². The summed E-state index contributed by atoms with van der Waals surface area (Å²) >= 11 is 0. The molecule has 0 aromatic carbocycles. The fraction of sp³-hybridized carbons (Fsp3) is 0.900. The van der Waals surface area contributed by atoms with Crippen molar-refractivity contribution in [3.05, 3.63) is 0 Å². The van der Waals surface area contributed by atoms with E-state index in [9.17, 15) is 13.2 Å². The number of nitrogens with zero attached hydrogens (tertiary/aromatic N) is 1. The van der Waals surface area contributed by atoms with Gasteiger partial charge in [-0.25, -0.2) is 0 Å². The van der Waals surface area contributed by atoms with Gasteiger partial charge in [0.1, 0.15) is 0 Å². The van der Waals surface area contributed by atoms with Crippen molar-refractivity contribution >= 4 is 16.1 Å². The lowest BCUT2D eigenvalue weighted by Crippen LogP contribution is -2.36. The Bertz CT molecular complexity index is 331. The molecule has 0 atom stereocenters. The Kier molecular flexibility index (Phi) is 8.90. The topological polar surface area (TPSA) is 107 Å². The van der Waals surface area contributed by atoms with Crippen LogP contribution in [0.25, 0.3) is 0 Å². The molecule has 0 aliphatic rings. The van der Waals surface area contributed by atoms with E-state index in [-0.39, 0.29) is 18.7 Å². The molecule has 108 valence electrons. The van der Waals surface area contributed by atoms with Crippen LogP contribution >= 0.6 is 0 Å². The van der Waals surface area contributed by atoms with E-state index in [0.29, 0.717) is 19.6 Å². The van der Waals surface area contributed by atoms with Crippen LogP contribution in [0, 0.1) is 0 Å². The molecule has 0 fully saturated rings. The van der Waals surface area contributed by atoms with Gasteiger partial charge in [-0.05, 0) is 13.0 Å². The van der Waals surface area contributed by atoms with Gasteiger partial charge in [-0.15, -0.1) is 0 Å². The molecule has 0 aromatic heterocycles. The molecule has 0 rings (SSSR count). The summed E-state index contributed by atoms with van der Waals surface area (Å²) in [6, 6.07) is 0. The number of aliphatic carboxylic acids is 1. The molecule has 0 saturated heterocycles. The average molecular weight is 282 g/mol. The first-order valence-corrected chi connectivity index (χ1v) is 7.56. The van der Waals surface area contributed by atoms with Gasteiger partial charge in [0.2, 0.25) is 0 Å². The third kappa shape index (κ3) is 11.8. The van der Waals surface area contributed by atoms with Gasteiger partial charge in [0.15, 0.2) is 0 Å². The highest BCUT2D eigenvalue weighted by Crippen LogP contribution is 1.93. The lowest BCUT2D eigenvalue weighted by Gasteiger charge is -2.20. The van der Waals surface area contributed by atoms with E-state index in [1.54, 1.807) is 0 Å². The minimum atomic E-state index is -3.92. The summed E-state index contributed by atoms with van der Waals surface area (Å²) in [4.78, 5) is 12.2. The molecular formula is C10H22N2O5S. The smallest absolute Gasteiger partial charge is 0.304 e. The number of rotatable bonds is 11. The monoisotopic (exact) mass is 282 g/mol. The van der Waals surface area contributed by atoms with Crippen LogP contribution in [0.15, 0.2) is 0 Å². The number of carboxylic acids is 1. The van der Waals surface area contributed by atoms with E-state index in [4.69, 9.17) is 9.66 Å². The molecule has 8 heteroatoms. The van der Waals surface area contributed by atoms with Crippen molar-refractivity contribution in [2.75, 3.05) is 38.5 Å². The molecule has 0 unspecified atom stereocenters. The third-order valence-corrected chi connectivity index (χ3v) is 3.02. The van der Waals surface area contributed by atoms with Gasteiger partial charge >= 0.3 is 5.97 Å². The van der Waals surface area contributed by atoms with Crippen LogP contribution in [0.3, 0.4) is 0 Å². The maximum atomic E-state index is 10.6. The maximum absolute atomic E-state index is 10.6. The zero-order valence-corrected chi connectivity index (χ0v) is 11.4. The largest absolute Gasteiger partial charge is 0.481 e. The number of hydrogen-bond acceptors (Lipinski definition) is 5. The lowest BCUT2D eigenvalue weighted by molar-refractivity contribution is -0.136. The fourth-order valence-corrected chi connectivity index (χ4v) is 1.94. The number of carbonyl (C=O) groups is 1. The van der Waals surface area contributed by atoms with Crippen molar-refractivity contribution in [1.29, 1.82) is 0 Å². The second kappa shape index (κ2) is 9.26. The molecule has 0 heterocycles. The fourth-order valence-electron chi connectivity index (χ4n) is 1.45. The summed E-state index contributed by atoms with van der Waals surface area (Å²) in [5.41, 5.74) is 0. The maximum Gasteiger partial charge on any atom is 0.304 e. The molecule has 18 heavy (non-hydrogen) atoms. The molecule has 0 saturated carbocycles. The standard InChI is InChI=1S/C10H22N2O5S/c1-2-6-12(8-9-18(15,16)17)7-5-11-4-3-10(13)14/h11H,2-9H2,1H3,(H,13,14)(H,15,16,17). The molecule has 0 aliphatic heterocycles. The Morgan fingerprint density at radius 2 is 1.89 bits per heavy atom. The van der Waals surface area contributed by atoms with Crippen LogP contribution in [0.2, 0.25) is 0 Å². The van der Waals surface area contributed by atoms with Crippen LogP contribution in [0.1, 0.15) is 19.8 Å². The van der Waals surface area contributed by atoms with Crippen molar-refractivity contribution < 1.29 is 22.9 Å². The Morgan fingerprint density at radius 3 is 2.39 bits per heavy atom. The van der Waals surface area contributed by atoms with Gasteiger partial charge in [0, 0.05) is 26.2 Å². The van der Waals surface area contributed by atoms with Gasteiger partial charge in [-0.2, -0.15) is 8.42 Å². The predicted molar refractivity (Wildman–Crippen MR) is 68.3 cm³/mol. The molecule has 0 spiro atoms. The second-order valence-electron chi connectivity index (χ2n) is 4.02. The van der Waals surface area contributed by atoms with Crippen LogP contribution in [-0.4, -0.2) is 67.4 Å². The molecule has 0 amide bonds. The summed E-state index contributed by atoms with van der Waals surface area (Å²) in [7, 11) is -3.92. The zero-order valence-electron chi connectivity index (χ0n) is 10.6. The van der Waals surface area contributed by atoms with Crippen LogP contribution < -0.4 is 5.32 Å². The normalized spacial score (nSPS) is 11.9. The second-order valence-corrected chi connectivity index (χ2v) is 5.59. The SMILES string of the molecule is CCCN(CCNCCC(=O)O)CCS(=O)(=O)O. The summed E-state index contributed by atoms with van der Waals surface area (Å²) in [6.45, 7) is 4.64. The predicted octanol–water partition coefficient (Wildman–Crippen LogP) is -0.349. The van der Waals surface area contributed by atoms with Crippen LogP contribution in [0.5, 0.6) is 0 Å². The van der Waals surface area contributed by atoms with Crippen molar-refractivity contribution in [1.82, 2.24) is 10.2 Å². The van der Waals surface area contributed by atoms with E-state index in [1.165, 1.54) is 0 Å². The first-order valence-electron chi connectivity index (χ1n) is 5.95. The van der Waals surface area contributed by atoms with Gasteiger partial charge in [-0.3, -0.25) is 9.35 Å². The molecule has 7 nitrogen and oxygen atoms in total. The van der Waals surface area contributed by atoms with Crippen LogP contribution in [-0.2, 0) is 14.9 Å². The third-order valence-electron chi connectivity index (χ3n) is 2.33. The Balaban J connectivity index is 3.79. The van der Waals surface area contributed by atoms with Crippen molar-refractivity contribution in [3.8, 4) is 0 Å². The van der Waals surface area contributed by atoms with E-state index in [0.717, 1.165) is 13.0 Å². The Hall–Kier alpha value is -0.700. The van der Waals surface area contributed by atoms with Crippen LogP contribution in [0.4, 0.5) is 0 Å². The molecule has 0 aromatic rings. The first-order chi connectivity index (χ1) is 8.35. The minimum absolute atomic E-state index is 0.0683. The lowest BCUT2D eigenvalue weighted by atomic mass is 10.4. The van der Waals surface area contributed by atoms with Gasteiger partial charge in [0.05, 0.1) is 12.2 Å². The molecule has 0 radical (unpaired) electrons. The summed E-state index contributed by atoms with van der Waals surface area (Å²) in [6.07, 6.45) is 0.958. The molecule has 0 bridgehead atoms. The molecule has 0 aliphatic carbocycles. The zero-order chi connectivity index (χ0) is 14.0. The van der Waals surface area contributed by atoms with Gasteiger partial charge < -0.3 is 15.3 Å². The Morgan fingerprint density at radius 1 is 1.22 bits per heavy atom. The molecule has 3 N–H and O–H groups in total. The summed E-state index contributed by atoms with van der Waals surface area (Å²) in [5, 5.41) is 11.4. The highest BCUT2D eigenvalue weighted by molar-refractivity contribution is 7.85. The highest BCUT2D eigenvalue weighted by atomic mass is 32.2. The quantitative estimate of drug-likeness (QED) is 0.351. The average Bonchev–Trinajstić information content (AvgIpc) is 2.23. The number of hydrogen-bond donors (Lipinski definition) is 3.